The summed E-state index contributed by atoms with van der Waals surface area (Å²) in [4.78, 5) is 7.10. The van der Waals surface area contributed by atoms with Crippen LogP contribution >= 0.6 is 35.5 Å². The van der Waals surface area contributed by atoms with Crippen molar-refractivity contribution in [2.45, 2.75) is 6.04 Å². The number of rotatable bonds is 1. The van der Waals surface area contributed by atoms with Crippen molar-refractivity contribution in [1.29, 1.82) is 0 Å². The van der Waals surface area contributed by atoms with Crippen LogP contribution in [0.3, 0.4) is 0 Å². The predicted molar refractivity (Wildman–Crippen MR) is 65.8 cm³/mol. The minimum Gasteiger partial charge on any atom is -0.348 e. The molecule has 3 rings (SSSR count). The zero-order valence-corrected chi connectivity index (χ0v) is 10.00. The highest BCUT2D eigenvalue weighted by atomic mass is 35.5. The third kappa shape index (κ3) is 1.66. The summed E-state index contributed by atoms with van der Waals surface area (Å²) in [6, 6.07) is 2.60. The quantitative estimate of drug-likeness (QED) is 0.757. The van der Waals surface area contributed by atoms with Gasteiger partial charge < -0.3 is 4.90 Å². The van der Waals surface area contributed by atoms with Gasteiger partial charge in [0.25, 0.3) is 0 Å². The van der Waals surface area contributed by atoms with E-state index in [0.29, 0.717) is 6.04 Å². The fourth-order valence-electron chi connectivity index (χ4n) is 1.75. The molecule has 0 spiro atoms. The summed E-state index contributed by atoms with van der Waals surface area (Å²) in [5.41, 5.74) is 1.38. The van der Waals surface area contributed by atoms with Crippen LogP contribution in [0.2, 0.25) is 0 Å². The van der Waals surface area contributed by atoms with E-state index in [0.717, 1.165) is 6.54 Å². The highest BCUT2D eigenvalue weighted by Crippen LogP contribution is 2.32. The third-order valence-electron chi connectivity index (χ3n) is 2.45. The Morgan fingerprint density at radius 2 is 2.43 bits per heavy atom. The largest absolute Gasteiger partial charge is 0.348 e. The number of thiophene rings is 1. The molecule has 14 heavy (non-hydrogen) atoms. The van der Waals surface area contributed by atoms with Gasteiger partial charge in [0.15, 0.2) is 5.17 Å². The molecule has 1 saturated heterocycles. The molecule has 0 amide bonds. The molecule has 2 aliphatic heterocycles. The lowest BCUT2D eigenvalue weighted by Gasteiger charge is -2.11. The normalized spacial score (nSPS) is 24.4. The number of halogens is 1. The molecule has 0 aliphatic carbocycles. The van der Waals surface area contributed by atoms with Crippen molar-refractivity contribution in [3.63, 3.8) is 0 Å². The van der Waals surface area contributed by atoms with Gasteiger partial charge >= 0.3 is 0 Å². The number of hydrogen-bond donors (Lipinski definition) is 0. The maximum absolute atomic E-state index is 4.70. The van der Waals surface area contributed by atoms with Crippen molar-refractivity contribution in [3.05, 3.63) is 22.4 Å². The topological polar surface area (TPSA) is 15.6 Å². The smallest absolute Gasteiger partial charge is 0.160 e. The SMILES string of the molecule is Cl.c1cc(C2CN3CCSC3=N2)cs1. The summed E-state index contributed by atoms with van der Waals surface area (Å²) in [6.07, 6.45) is 0. The Morgan fingerprint density at radius 1 is 1.50 bits per heavy atom. The Hall–Kier alpha value is -0.190. The van der Waals surface area contributed by atoms with Gasteiger partial charge in [0.1, 0.15) is 0 Å². The van der Waals surface area contributed by atoms with Crippen LogP contribution in [0.4, 0.5) is 0 Å². The summed E-state index contributed by atoms with van der Waals surface area (Å²) < 4.78 is 0. The Balaban J connectivity index is 0.000000750. The monoisotopic (exact) mass is 246 g/mol. The Kier molecular flexibility index (Phi) is 3.04. The first-order valence-corrected chi connectivity index (χ1v) is 6.34. The van der Waals surface area contributed by atoms with Gasteiger partial charge in [0, 0.05) is 18.8 Å². The molecule has 0 N–H and O–H groups in total. The van der Waals surface area contributed by atoms with Crippen molar-refractivity contribution in [1.82, 2.24) is 4.90 Å². The van der Waals surface area contributed by atoms with E-state index < -0.39 is 0 Å². The average Bonchev–Trinajstić information content (AvgIpc) is 2.78. The fourth-order valence-corrected chi connectivity index (χ4v) is 3.50. The first-order valence-electron chi connectivity index (χ1n) is 4.41. The molecule has 1 unspecified atom stereocenters. The second kappa shape index (κ2) is 4.13. The molecule has 2 nitrogen and oxygen atoms in total. The van der Waals surface area contributed by atoms with E-state index >= 15 is 0 Å². The number of fused-ring (bicyclic) bond motifs is 1. The summed E-state index contributed by atoms with van der Waals surface area (Å²) >= 11 is 3.65. The molecule has 0 radical (unpaired) electrons. The molecule has 76 valence electrons. The molecular weight excluding hydrogens is 236 g/mol. The Morgan fingerprint density at radius 3 is 3.14 bits per heavy atom. The van der Waals surface area contributed by atoms with E-state index in [1.54, 1.807) is 11.3 Å². The lowest BCUT2D eigenvalue weighted by Crippen LogP contribution is -2.21. The molecule has 0 aromatic carbocycles. The average molecular weight is 247 g/mol. The number of aliphatic imine (C=N–C) groups is 1. The first kappa shape index (κ1) is 10.3. The van der Waals surface area contributed by atoms with Gasteiger partial charge in [-0.25, -0.2) is 0 Å². The van der Waals surface area contributed by atoms with Crippen LogP contribution < -0.4 is 0 Å². The maximum Gasteiger partial charge on any atom is 0.160 e. The van der Waals surface area contributed by atoms with Crippen molar-refractivity contribution in [3.8, 4) is 0 Å². The fraction of sp³-hybridized carbons (Fsp3) is 0.444. The number of hydrogen-bond acceptors (Lipinski definition) is 4. The summed E-state index contributed by atoms with van der Waals surface area (Å²) in [6.45, 7) is 2.28. The molecule has 1 aromatic rings. The molecule has 0 saturated carbocycles. The number of nitrogens with zero attached hydrogens (tertiary/aromatic N) is 2. The van der Waals surface area contributed by atoms with Gasteiger partial charge in [0.05, 0.1) is 6.04 Å². The molecule has 2 aliphatic rings. The molecule has 1 fully saturated rings. The standard InChI is InChI=1S/C9H10N2S2.ClH/c1-3-12-6-7(1)8-5-11-2-4-13-9(11)10-8;/h1,3,6,8H,2,4-5H2;1H. The van der Waals surface area contributed by atoms with E-state index in [4.69, 9.17) is 4.99 Å². The van der Waals surface area contributed by atoms with Crippen molar-refractivity contribution < 1.29 is 0 Å². The first-order chi connectivity index (χ1) is 6.43. The van der Waals surface area contributed by atoms with Crippen LogP contribution in [-0.2, 0) is 0 Å². The lowest BCUT2D eigenvalue weighted by atomic mass is 10.2. The van der Waals surface area contributed by atoms with Gasteiger partial charge in [-0.15, -0.1) is 12.4 Å². The minimum absolute atomic E-state index is 0. The van der Waals surface area contributed by atoms with Crippen molar-refractivity contribution in [2.75, 3.05) is 18.8 Å². The summed E-state index contributed by atoms with van der Waals surface area (Å²) in [7, 11) is 0. The predicted octanol–water partition coefficient (Wildman–Crippen LogP) is 2.63. The number of amidine groups is 1. The zero-order valence-electron chi connectivity index (χ0n) is 7.55. The number of thioether (sulfide) groups is 1. The van der Waals surface area contributed by atoms with Crippen LogP contribution in [0, 0.1) is 0 Å². The van der Waals surface area contributed by atoms with E-state index in [1.165, 1.54) is 23.0 Å². The summed E-state index contributed by atoms with van der Waals surface area (Å²) in [5.74, 6) is 1.22. The van der Waals surface area contributed by atoms with Gasteiger partial charge in [-0.05, 0) is 22.4 Å². The molecule has 1 aromatic heterocycles. The van der Waals surface area contributed by atoms with Crippen LogP contribution in [0.15, 0.2) is 21.8 Å². The molecule has 1 atom stereocenters. The minimum atomic E-state index is 0. The lowest BCUT2D eigenvalue weighted by molar-refractivity contribution is 0.464. The Labute approximate surface area is 97.8 Å². The van der Waals surface area contributed by atoms with Gasteiger partial charge in [-0.3, -0.25) is 4.99 Å². The second-order valence-corrected chi connectivity index (χ2v) is 5.12. The summed E-state index contributed by atoms with van der Waals surface area (Å²) in [5, 5.41) is 5.60. The van der Waals surface area contributed by atoms with Crippen LogP contribution in [0.1, 0.15) is 11.6 Å². The Bertz CT molecular complexity index is 337. The van der Waals surface area contributed by atoms with Crippen molar-refractivity contribution >= 4 is 40.7 Å². The molecule has 3 heterocycles. The van der Waals surface area contributed by atoms with E-state index in [-0.39, 0.29) is 12.4 Å². The van der Waals surface area contributed by atoms with E-state index in [9.17, 15) is 0 Å². The molecule has 5 heteroatoms. The molecule has 0 bridgehead atoms. The highest BCUT2D eigenvalue weighted by molar-refractivity contribution is 8.14. The second-order valence-electron chi connectivity index (χ2n) is 3.28. The molecular formula is C9H11ClN2S2. The van der Waals surface area contributed by atoms with Crippen LogP contribution in [-0.4, -0.2) is 28.9 Å². The van der Waals surface area contributed by atoms with E-state index in [1.807, 2.05) is 11.8 Å². The van der Waals surface area contributed by atoms with E-state index in [2.05, 4.69) is 21.7 Å². The zero-order chi connectivity index (χ0) is 8.67. The van der Waals surface area contributed by atoms with Crippen molar-refractivity contribution in [2.24, 2.45) is 4.99 Å². The third-order valence-corrected chi connectivity index (χ3v) is 4.16. The highest BCUT2D eigenvalue weighted by Gasteiger charge is 2.29. The maximum atomic E-state index is 4.70. The van der Waals surface area contributed by atoms with Crippen LogP contribution in [0.5, 0.6) is 0 Å². The van der Waals surface area contributed by atoms with Crippen LogP contribution in [0.25, 0.3) is 0 Å². The van der Waals surface area contributed by atoms with Gasteiger partial charge in [0.2, 0.25) is 0 Å². The van der Waals surface area contributed by atoms with Gasteiger partial charge in [-0.1, -0.05) is 11.8 Å². The van der Waals surface area contributed by atoms with Gasteiger partial charge in [-0.2, -0.15) is 11.3 Å².